The van der Waals surface area contributed by atoms with Crippen LogP contribution < -0.4 is 16.0 Å². The van der Waals surface area contributed by atoms with E-state index in [1.165, 1.54) is 0 Å². The van der Waals surface area contributed by atoms with Gasteiger partial charge in [0, 0.05) is 32.7 Å². The van der Waals surface area contributed by atoms with Gasteiger partial charge in [0.2, 0.25) is 5.91 Å². The monoisotopic (exact) mass is 290 g/mol. The molecule has 21 heavy (non-hydrogen) atoms. The van der Waals surface area contributed by atoms with E-state index in [-0.39, 0.29) is 5.91 Å². The smallest absolute Gasteiger partial charge is 0.234 e. The number of unbranched alkanes of at least 4 members (excludes halogenated alkanes) is 1. The van der Waals surface area contributed by atoms with Gasteiger partial charge in [-0.15, -0.1) is 0 Å². The average molecular weight is 290 g/mol. The highest BCUT2D eigenvalue weighted by molar-refractivity contribution is 5.78. The number of nitrogen functional groups attached to an aromatic ring is 1. The molecule has 1 amide bonds. The molecule has 0 aliphatic carbocycles. The van der Waals surface area contributed by atoms with Crippen LogP contribution >= 0.6 is 0 Å². The number of carbonyl (C=O) groups is 1. The van der Waals surface area contributed by atoms with Gasteiger partial charge in [0.1, 0.15) is 0 Å². The molecule has 3 N–H and O–H groups in total. The number of benzene rings is 1. The number of para-hydroxylation sites is 2. The summed E-state index contributed by atoms with van der Waals surface area (Å²) in [5.74, 6) is 0.135. The summed E-state index contributed by atoms with van der Waals surface area (Å²) in [4.78, 5) is 16.3. The molecular formula is C16H26N4O. The first-order valence-electron chi connectivity index (χ1n) is 7.79. The lowest BCUT2D eigenvalue weighted by molar-refractivity contribution is -0.122. The molecule has 0 atom stereocenters. The second-order valence-electron chi connectivity index (χ2n) is 5.53. The fraction of sp³-hybridized carbons (Fsp3) is 0.562. The molecular weight excluding hydrogens is 264 g/mol. The van der Waals surface area contributed by atoms with E-state index in [0.29, 0.717) is 6.54 Å². The number of anilines is 2. The molecule has 0 radical (unpaired) electrons. The second-order valence-corrected chi connectivity index (χ2v) is 5.53. The summed E-state index contributed by atoms with van der Waals surface area (Å²) in [5.41, 5.74) is 7.94. The van der Waals surface area contributed by atoms with Gasteiger partial charge in [-0.05, 0) is 18.6 Å². The third-order valence-electron chi connectivity index (χ3n) is 3.87. The lowest BCUT2D eigenvalue weighted by Gasteiger charge is -2.36. The fourth-order valence-corrected chi connectivity index (χ4v) is 2.59. The summed E-state index contributed by atoms with van der Waals surface area (Å²) >= 11 is 0. The van der Waals surface area contributed by atoms with E-state index in [1.54, 1.807) is 0 Å². The largest absolute Gasteiger partial charge is 0.397 e. The Bertz CT molecular complexity index is 455. The van der Waals surface area contributed by atoms with Crippen molar-refractivity contribution in [1.82, 2.24) is 10.2 Å². The zero-order chi connectivity index (χ0) is 15.1. The van der Waals surface area contributed by atoms with E-state index in [9.17, 15) is 4.79 Å². The van der Waals surface area contributed by atoms with E-state index >= 15 is 0 Å². The van der Waals surface area contributed by atoms with Gasteiger partial charge in [0.25, 0.3) is 0 Å². The molecule has 1 aromatic carbocycles. The lowest BCUT2D eigenvalue weighted by atomic mass is 10.2. The maximum Gasteiger partial charge on any atom is 0.234 e. The molecule has 1 aliphatic rings. The highest BCUT2D eigenvalue weighted by atomic mass is 16.2. The molecule has 1 aromatic rings. The van der Waals surface area contributed by atoms with E-state index in [0.717, 1.165) is 56.9 Å². The van der Waals surface area contributed by atoms with Crippen LogP contribution in [0, 0.1) is 0 Å². The van der Waals surface area contributed by atoms with Gasteiger partial charge in [0.15, 0.2) is 0 Å². The van der Waals surface area contributed by atoms with E-state index in [4.69, 9.17) is 5.73 Å². The van der Waals surface area contributed by atoms with Crippen LogP contribution in [-0.4, -0.2) is 50.1 Å². The number of hydrogen-bond acceptors (Lipinski definition) is 4. The SMILES string of the molecule is CCCCNC(=O)CN1CCN(c2ccccc2N)CC1. The number of rotatable bonds is 6. The van der Waals surface area contributed by atoms with Gasteiger partial charge in [0.05, 0.1) is 17.9 Å². The van der Waals surface area contributed by atoms with Crippen molar-refractivity contribution in [2.75, 3.05) is 49.9 Å². The van der Waals surface area contributed by atoms with E-state index in [1.807, 2.05) is 18.2 Å². The van der Waals surface area contributed by atoms with Crippen LogP contribution in [0.25, 0.3) is 0 Å². The normalized spacial score (nSPS) is 16.0. The molecule has 0 spiro atoms. The number of nitrogens with one attached hydrogen (secondary N) is 1. The molecule has 5 nitrogen and oxygen atoms in total. The van der Waals surface area contributed by atoms with Crippen molar-refractivity contribution < 1.29 is 4.79 Å². The lowest BCUT2D eigenvalue weighted by Crippen LogP contribution is -2.49. The van der Waals surface area contributed by atoms with Gasteiger partial charge in [-0.3, -0.25) is 9.69 Å². The molecule has 1 fully saturated rings. The van der Waals surface area contributed by atoms with Crippen LogP contribution in [0.2, 0.25) is 0 Å². The highest BCUT2D eigenvalue weighted by Gasteiger charge is 2.19. The van der Waals surface area contributed by atoms with Gasteiger partial charge in [-0.25, -0.2) is 0 Å². The zero-order valence-corrected chi connectivity index (χ0v) is 12.8. The average Bonchev–Trinajstić information content (AvgIpc) is 2.49. The number of nitrogens with zero attached hydrogens (tertiary/aromatic N) is 2. The van der Waals surface area contributed by atoms with Gasteiger partial charge >= 0.3 is 0 Å². The molecule has 1 aliphatic heterocycles. The standard InChI is InChI=1S/C16H26N4O/c1-2-3-8-18-16(21)13-19-9-11-20(12-10-19)15-7-5-4-6-14(15)17/h4-7H,2-3,8-13,17H2,1H3,(H,18,21). The quantitative estimate of drug-likeness (QED) is 0.612. The van der Waals surface area contributed by atoms with Gasteiger partial charge < -0.3 is 16.0 Å². The molecule has 5 heteroatoms. The Morgan fingerprint density at radius 3 is 2.62 bits per heavy atom. The Morgan fingerprint density at radius 1 is 1.24 bits per heavy atom. The summed E-state index contributed by atoms with van der Waals surface area (Å²) < 4.78 is 0. The highest BCUT2D eigenvalue weighted by Crippen LogP contribution is 2.23. The van der Waals surface area contributed by atoms with Crippen LogP contribution in [0.4, 0.5) is 11.4 Å². The predicted octanol–water partition coefficient (Wildman–Crippen LogP) is 1.31. The Labute approximate surface area is 127 Å². The number of hydrogen-bond donors (Lipinski definition) is 2. The van der Waals surface area contributed by atoms with Crippen molar-refractivity contribution in [1.29, 1.82) is 0 Å². The van der Waals surface area contributed by atoms with Crippen LogP contribution in [0.3, 0.4) is 0 Å². The number of amides is 1. The molecule has 0 bridgehead atoms. The Balaban J connectivity index is 1.76. The van der Waals surface area contributed by atoms with E-state index in [2.05, 4.69) is 28.1 Å². The summed E-state index contributed by atoms with van der Waals surface area (Å²) in [6.45, 7) is 7.04. The first kappa shape index (κ1) is 15.6. The maximum absolute atomic E-state index is 11.8. The van der Waals surface area contributed by atoms with Crippen molar-refractivity contribution in [3.63, 3.8) is 0 Å². The Kier molecular flexibility index (Phi) is 5.87. The number of carbonyl (C=O) groups excluding carboxylic acids is 1. The van der Waals surface area contributed by atoms with Crippen LogP contribution in [0.15, 0.2) is 24.3 Å². The Hall–Kier alpha value is -1.75. The fourth-order valence-electron chi connectivity index (χ4n) is 2.59. The topological polar surface area (TPSA) is 61.6 Å². The third-order valence-corrected chi connectivity index (χ3v) is 3.87. The minimum atomic E-state index is 0.135. The minimum absolute atomic E-state index is 0.135. The molecule has 0 saturated carbocycles. The van der Waals surface area contributed by atoms with Crippen molar-refractivity contribution in [2.24, 2.45) is 0 Å². The number of nitrogens with two attached hydrogens (primary N) is 1. The van der Waals surface area contributed by atoms with Gasteiger partial charge in [-0.1, -0.05) is 25.5 Å². The van der Waals surface area contributed by atoms with Crippen molar-refractivity contribution in [2.45, 2.75) is 19.8 Å². The zero-order valence-electron chi connectivity index (χ0n) is 12.8. The minimum Gasteiger partial charge on any atom is -0.397 e. The van der Waals surface area contributed by atoms with Crippen molar-refractivity contribution in [3.05, 3.63) is 24.3 Å². The van der Waals surface area contributed by atoms with Crippen molar-refractivity contribution in [3.8, 4) is 0 Å². The van der Waals surface area contributed by atoms with Gasteiger partial charge in [-0.2, -0.15) is 0 Å². The van der Waals surface area contributed by atoms with Crippen LogP contribution in [0.5, 0.6) is 0 Å². The third kappa shape index (κ3) is 4.63. The molecule has 1 saturated heterocycles. The Morgan fingerprint density at radius 2 is 1.95 bits per heavy atom. The first-order chi connectivity index (χ1) is 10.2. The van der Waals surface area contributed by atoms with Crippen LogP contribution in [0.1, 0.15) is 19.8 Å². The van der Waals surface area contributed by atoms with Crippen LogP contribution in [-0.2, 0) is 4.79 Å². The van der Waals surface area contributed by atoms with E-state index < -0.39 is 0 Å². The number of piperazine rings is 1. The second kappa shape index (κ2) is 7.88. The molecule has 0 unspecified atom stereocenters. The summed E-state index contributed by atoms with van der Waals surface area (Å²) in [5, 5.41) is 2.97. The molecule has 2 rings (SSSR count). The molecule has 1 heterocycles. The summed E-state index contributed by atoms with van der Waals surface area (Å²) in [7, 11) is 0. The molecule has 116 valence electrons. The molecule has 0 aromatic heterocycles. The first-order valence-corrected chi connectivity index (χ1v) is 7.79. The summed E-state index contributed by atoms with van der Waals surface area (Å²) in [6, 6.07) is 7.96. The van der Waals surface area contributed by atoms with Crippen molar-refractivity contribution >= 4 is 17.3 Å². The maximum atomic E-state index is 11.8. The summed E-state index contributed by atoms with van der Waals surface area (Å²) in [6.07, 6.45) is 2.16. The predicted molar refractivity (Wildman–Crippen MR) is 87.4 cm³/mol.